The van der Waals surface area contributed by atoms with E-state index in [9.17, 15) is 14.7 Å². The molecule has 26 heavy (non-hydrogen) atoms. The van der Waals surface area contributed by atoms with Gasteiger partial charge in [0.1, 0.15) is 22.1 Å². The first kappa shape index (κ1) is 20.3. The molecule has 1 heterocycles. The maximum Gasteiger partial charge on any atom is 0.344 e. The predicted octanol–water partition coefficient (Wildman–Crippen LogP) is 4.26. The van der Waals surface area contributed by atoms with E-state index in [-0.39, 0.29) is 35.3 Å². The maximum atomic E-state index is 12.2. The third-order valence-electron chi connectivity index (χ3n) is 3.38. The van der Waals surface area contributed by atoms with Gasteiger partial charge in [0.25, 0.3) is 0 Å². The molecule has 1 aliphatic rings. The summed E-state index contributed by atoms with van der Waals surface area (Å²) >= 11 is 4.43. The molecule has 1 aliphatic heterocycles. The first-order chi connectivity index (χ1) is 12.4. The molecule has 0 unspecified atom stereocenters. The van der Waals surface area contributed by atoms with Crippen LogP contribution < -0.4 is 4.74 Å². The lowest BCUT2D eigenvalue weighted by Crippen LogP contribution is -2.14. The minimum Gasteiger partial charge on any atom is -0.506 e. The lowest BCUT2D eigenvalue weighted by molar-refractivity contribution is -0.138. The fourth-order valence-electron chi connectivity index (χ4n) is 2.14. The van der Waals surface area contributed by atoms with E-state index in [0.717, 1.165) is 16.2 Å². The number of methoxy groups -OCH3 is 1. The summed E-state index contributed by atoms with van der Waals surface area (Å²) < 4.78 is 11.1. The van der Waals surface area contributed by atoms with Gasteiger partial charge in [-0.2, -0.15) is 0 Å². The van der Waals surface area contributed by atoms with Gasteiger partial charge in [0.2, 0.25) is 5.91 Å². The second-order valence-corrected chi connectivity index (χ2v) is 7.05. The van der Waals surface area contributed by atoms with Crippen molar-refractivity contribution < 1.29 is 24.2 Å². The third-order valence-corrected chi connectivity index (χ3v) is 4.89. The Morgan fingerprint density at radius 2 is 2.08 bits per heavy atom. The Kier molecular flexibility index (Phi) is 7.05. The molecular formula is C18H18BrNO5S. The van der Waals surface area contributed by atoms with Crippen molar-refractivity contribution in [3.63, 3.8) is 0 Å². The molecule has 0 saturated carbocycles. The number of aliphatic hydroxyl groups is 1. The van der Waals surface area contributed by atoms with Crippen LogP contribution in [0.2, 0.25) is 0 Å². The van der Waals surface area contributed by atoms with Gasteiger partial charge in [-0.15, -0.1) is 0 Å². The molecule has 0 bridgehead atoms. The lowest BCUT2D eigenvalue weighted by atomic mass is 10.1. The van der Waals surface area contributed by atoms with Crippen molar-refractivity contribution in [1.82, 2.24) is 0 Å². The number of benzene rings is 1. The standard InChI is InChI=1S/C18H18BrNO5S/c1-4-14(21)20-17-15(18(23)25-5-2)16(22)13(26-17)9-10-8-11(19)6-7-12(10)24-3/h6-9,22H,4-5H2,1-3H3/b13-9-,20-17?. The van der Waals surface area contributed by atoms with E-state index in [0.29, 0.717) is 16.2 Å². The molecule has 2 rings (SSSR count). The maximum absolute atomic E-state index is 12.2. The Balaban J connectivity index is 2.54. The Morgan fingerprint density at radius 1 is 1.35 bits per heavy atom. The van der Waals surface area contributed by atoms with Gasteiger partial charge in [0.15, 0.2) is 0 Å². The van der Waals surface area contributed by atoms with Gasteiger partial charge < -0.3 is 14.6 Å². The van der Waals surface area contributed by atoms with E-state index in [1.165, 1.54) is 0 Å². The highest BCUT2D eigenvalue weighted by atomic mass is 79.9. The van der Waals surface area contributed by atoms with Crippen LogP contribution in [0.1, 0.15) is 25.8 Å². The highest BCUT2D eigenvalue weighted by molar-refractivity contribution is 9.10. The summed E-state index contributed by atoms with van der Waals surface area (Å²) in [6.45, 7) is 3.48. The van der Waals surface area contributed by atoms with Crippen LogP contribution in [-0.4, -0.2) is 35.7 Å². The second-order valence-electron chi connectivity index (χ2n) is 5.11. The summed E-state index contributed by atoms with van der Waals surface area (Å²) in [5.41, 5.74) is 0.598. The number of esters is 1. The third kappa shape index (κ3) is 4.56. The van der Waals surface area contributed by atoms with Crippen LogP contribution in [0.4, 0.5) is 0 Å². The summed E-state index contributed by atoms with van der Waals surface area (Å²) in [7, 11) is 1.54. The van der Waals surface area contributed by atoms with Crippen molar-refractivity contribution in [1.29, 1.82) is 0 Å². The molecule has 0 spiro atoms. The number of nitrogens with zero attached hydrogens (tertiary/aromatic N) is 1. The van der Waals surface area contributed by atoms with Gasteiger partial charge >= 0.3 is 5.97 Å². The van der Waals surface area contributed by atoms with Gasteiger partial charge in [-0.25, -0.2) is 9.79 Å². The molecule has 0 saturated heterocycles. The number of amides is 1. The van der Waals surface area contributed by atoms with Crippen LogP contribution in [0.15, 0.2) is 43.9 Å². The summed E-state index contributed by atoms with van der Waals surface area (Å²) in [5, 5.41) is 10.7. The molecule has 8 heteroatoms. The topological polar surface area (TPSA) is 85.2 Å². The van der Waals surface area contributed by atoms with Gasteiger partial charge in [0, 0.05) is 16.5 Å². The van der Waals surface area contributed by atoms with E-state index in [2.05, 4.69) is 20.9 Å². The first-order valence-electron chi connectivity index (χ1n) is 7.86. The van der Waals surface area contributed by atoms with Gasteiger partial charge in [-0.1, -0.05) is 34.6 Å². The number of carbonyl (C=O) groups excluding carboxylic acids is 2. The van der Waals surface area contributed by atoms with Crippen LogP contribution in [0.25, 0.3) is 6.08 Å². The Bertz CT molecular complexity index is 829. The molecular weight excluding hydrogens is 422 g/mol. The Labute approximate surface area is 164 Å². The monoisotopic (exact) mass is 439 g/mol. The normalized spacial score (nSPS) is 17.1. The van der Waals surface area contributed by atoms with Crippen LogP contribution in [0.3, 0.4) is 0 Å². The smallest absolute Gasteiger partial charge is 0.344 e. The SMILES string of the molecule is CCOC(=O)C1=C(O)/C(=C/c2cc(Br)ccc2OC)SC1=NC(=O)CC. The minimum absolute atomic E-state index is 0.0983. The quantitative estimate of drug-likeness (QED) is 0.689. The molecule has 1 amide bonds. The number of carbonyl (C=O) groups is 2. The zero-order valence-corrected chi connectivity index (χ0v) is 16.9. The molecule has 6 nitrogen and oxygen atoms in total. The number of aliphatic hydroxyl groups excluding tert-OH is 1. The first-order valence-corrected chi connectivity index (χ1v) is 9.47. The van der Waals surface area contributed by atoms with Crippen molar-refractivity contribution in [2.24, 2.45) is 4.99 Å². The number of aliphatic imine (C=N–C) groups is 1. The molecule has 0 radical (unpaired) electrons. The minimum atomic E-state index is -0.718. The fourth-order valence-corrected chi connectivity index (χ4v) is 3.54. The molecule has 1 aromatic rings. The van der Waals surface area contributed by atoms with Gasteiger partial charge in [-0.05, 0) is 31.2 Å². The molecule has 1 N–H and O–H groups in total. The van der Waals surface area contributed by atoms with E-state index in [1.807, 2.05) is 12.1 Å². The zero-order chi connectivity index (χ0) is 19.3. The van der Waals surface area contributed by atoms with Crippen molar-refractivity contribution in [2.75, 3.05) is 13.7 Å². The fraction of sp³-hybridized carbons (Fsp3) is 0.278. The summed E-state index contributed by atoms with van der Waals surface area (Å²) in [6.07, 6.45) is 1.86. The molecule has 138 valence electrons. The van der Waals surface area contributed by atoms with Crippen LogP contribution in [0.5, 0.6) is 5.75 Å². The number of thioether (sulfide) groups is 1. The number of ether oxygens (including phenoxy) is 2. The van der Waals surface area contributed by atoms with Crippen molar-refractivity contribution in [3.05, 3.63) is 44.5 Å². The van der Waals surface area contributed by atoms with Crippen LogP contribution >= 0.6 is 27.7 Å². The Morgan fingerprint density at radius 3 is 2.69 bits per heavy atom. The van der Waals surface area contributed by atoms with E-state index >= 15 is 0 Å². The number of halogens is 1. The van der Waals surface area contributed by atoms with Crippen molar-refractivity contribution in [2.45, 2.75) is 20.3 Å². The number of rotatable bonds is 5. The highest BCUT2D eigenvalue weighted by Gasteiger charge is 2.33. The van der Waals surface area contributed by atoms with Crippen LogP contribution in [-0.2, 0) is 14.3 Å². The Hall–Kier alpha value is -2.06. The van der Waals surface area contributed by atoms with E-state index < -0.39 is 5.97 Å². The molecule has 0 aromatic heterocycles. The van der Waals surface area contributed by atoms with Crippen molar-refractivity contribution in [3.8, 4) is 5.75 Å². The van der Waals surface area contributed by atoms with Crippen molar-refractivity contribution >= 4 is 50.7 Å². The largest absolute Gasteiger partial charge is 0.506 e. The highest BCUT2D eigenvalue weighted by Crippen LogP contribution is 2.40. The van der Waals surface area contributed by atoms with E-state index in [4.69, 9.17) is 9.47 Å². The van der Waals surface area contributed by atoms with Gasteiger partial charge in [-0.3, -0.25) is 4.79 Å². The molecule has 0 fully saturated rings. The molecule has 0 atom stereocenters. The molecule has 1 aromatic carbocycles. The summed E-state index contributed by atoms with van der Waals surface area (Å²) in [4.78, 5) is 28.2. The molecule has 0 aliphatic carbocycles. The summed E-state index contributed by atoms with van der Waals surface area (Å²) in [6, 6.07) is 5.42. The average molecular weight is 440 g/mol. The van der Waals surface area contributed by atoms with Crippen LogP contribution in [0, 0.1) is 0 Å². The summed E-state index contributed by atoms with van der Waals surface area (Å²) in [5.74, 6) is -0.770. The number of hydrogen-bond donors (Lipinski definition) is 1. The lowest BCUT2D eigenvalue weighted by Gasteiger charge is -2.06. The second kappa shape index (κ2) is 9.05. The zero-order valence-electron chi connectivity index (χ0n) is 14.5. The average Bonchev–Trinajstić information content (AvgIpc) is 2.90. The predicted molar refractivity (Wildman–Crippen MR) is 105 cm³/mol. The van der Waals surface area contributed by atoms with E-state index in [1.54, 1.807) is 33.1 Å². The number of hydrogen-bond acceptors (Lipinski definition) is 6. The van der Waals surface area contributed by atoms with Gasteiger partial charge in [0.05, 0.1) is 18.6 Å².